The van der Waals surface area contributed by atoms with Crippen LogP contribution in [-0.2, 0) is 14.8 Å². The summed E-state index contributed by atoms with van der Waals surface area (Å²) >= 11 is 0. The lowest BCUT2D eigenvalue weighted by molar-refractivity contribution is -0.117. The molecular weight excluding hydrogens is 350 g/mol. The molecular formula is C19H21N3O3S. The Hall–Kier alpha value is -2.38. The SMILES string of the molecule is Cc1ccc(C)c(S(=O)(=O)NC2CC3C(=O)Nc4ccccc4N3C2)c1. The molecule has 2 N–H and O–H groups in total. The standard InChI is InChI=1S/C19H21N3O3S/c1-12-7-8-13(2)18(9-12)26(24,25)21-14-10-17-19(23)20-15-5-3-4-6-16(15)22(17)11-14/h3-9,14,17,21H,10-11H2,1-2H3,(H,20,23). The number of rotatable bonds is 3. The number of aryl methyl sites for hydroxylation is 2. The number of fused-ring (bicyclic) bond motifs is 3. The highest BCUT2D eigenvalue weighted by Crippen LogP contribution is 2.36. The van der Waals surface area contributed by atoms with Gasteiger partial charge in [-0.15, -0.1) is 0 Å². The van der Waals surface area contributed by atoms with Crippen molar-refractivity contribution >= 4 is 27.3 Å². The zero-order valence-corrected chi connectivity index (χ0v) is 15.5. The van der Waals surface area contributed by atoms with Crippen molar-refractivity contribution in [3.05, 3.63) is 53.6 Å². The Labute approximate surface area is 153 Å². The van der Waals surface area contributed by atoms with E-state index in [9.17, 15) is 13.2 Å². The maximum absolute atomic E-state index is 12.9. The van der Waals surface area contributed by atoms with E-state index in [1.807, 2.05) is 48.2 Å². The molecule has 2 unspecified atom stereocenters. The van der Waals surface area contributed by atoms with Gasteiger partial charge in [0.05, 0.1) is 16.3 Å². The van der Waals surface area contributed by atoms with Crippen LogP contribution in [0, 0.1) is 13.8 Å². The molecule has 0 radical (unpaired) electrons. The topological polar surface area (TPSA) is 78.5 Å². The highest BCUT2D eigenvalue weighted by atomic mass is 32.2. The third-order valence-corrected chi connectivity index (χ3v) is 6.69. The van der Waals surface area contributed by atoms with Crippen LogP contribution in [0.5, 0.6) is 0 Å². The highest BCUT2D eigenvalue weighted by molar-refractivity contribution is 7.89. The van der Waals surface area contributed by atoms with Crippen molar-refractivity contribution in [1.82, 2.24) is 4.72 Å². The fourth-order valence-corrected chi connectivity index (χ4v) is 5.33. The molecule has 1 saturated heterocycles. The van der Waals surface area contributed by atoms with Crippen molar-refractivity contribution in [3.63, 3.8) is 0 Å². The molecule has 1 amide bonds. The number of para-hydroxylation sites is 2. The number of amides is 1. The number of sulfonamides is 1. The van der Waals surface area contributed by atoms with Crippen molar-refractivity contribution in [2.75, 3.05) is 16.8 Å². The smallest absolute Gasteiger partial charge is 0.247 e. The maximum atomic E-state index is 12.9. The van der Waals surface area contributed by atoms with Gasteiger partial charge >= 0.3 is 0 Å². The Kier molecular flexibility index (Phi) is 4.00. The Morgan fingerprint density at radius 1 is 1.15 bits per heavy atom. The van der Waals surface area contributed by atoms with Crippen LogP contribution in [0.25, 0.3) is 0 Å². The Morgan fingerprint density at radius 2 is 1.92 bits per heavy atom. The summed E-state index contributed by atoms with van der Waals surface area (Å²) in [6.45, 7) is 4.13. The molecule has 2 aliphatic rings. The predicted octanol–water partition coefficient (Wildman–Crippen LogP) is 2.18. The number of carbonyl (C=O) groups excluding carboxylic acids is 1. The number of nitrogens with zero attached hydrogens (tertiary/aromatic N) is 1. The molecule has 136 valence electrons. The molecule has 2 aromatic carbocycles. The largest absolute Gasteiger partial charge is 0.356 e. The lowest BCUT2D eigenvalue weighted by atomic mass is 10.1. The van der Waals surface area contributed by atoms with Crippen LogP contribution in [0.4, 0.5) is 11.4 Å². The fourth-order valence-electron chi connectivity index (χ4n) is 3.76. The van der Waals surface area contributed by atoms with Gasteiger partial charge in [0.25, 0.3) is 0 Å². The van der Waals surface area contributed by atoms with E-state index in [1.54, 1.807) is 13.0 Å². The van der Waals surface area contributed by atoms with Gasteiger partial charge in [0.1, 0.15) is 6.04 Å². The quantitative estimate of drug-likeness (QED) is 0.867. The van der Waals surface area contributed by atoms with Gasteiger partial charge in [0.15, 0.2) is 0 Å². The summed E-state index contributed by atoms with van der Waals surface area (Å²) in [5, 5.41) is 2.91. The van der Waals surface area contributed by atoms with Crippen LogP contribution in [-0.4, -0.2) is 33.0 Å². The first-order valence-electron chi connectivity index (χ1n) is 8.61. The van der Waals surface area contributed by atoms with E-state index in [-0.39, 0.29) is 18.0 Å². The van der Waals surface area contributed by atoms with Crippen molar-refractivity contribution in [1.29, 1.82) is 0 Å². The number of benzene rings is 2. The van der Waals surface area contributed by atoms with E-state index in [0.29, 0.717) is 23.4 Å². The van der Waals surface area contributed by atoms with E-state index < -0.39 is 10.0 Å². The molecule has 2 aliphatic heterocycles. The summed E-state index contributed by atoms with van der Waals surface area (Å²) in [6.07, 6.45) is 0.449. The zero-order valence-electron chi connectivity index (χ0n) is 14.7. The third kappa shape index (κ3) is 2.87. The first kappa shape index (κ1) is 17.1. The Morgan fingerprint density at radius 3 is 2.73 bits per heavy atom. The molecule has 0 spiro atoms. The van der Waals surface area contributed by atoms with Crippen LogP contribution >= 0.6 is 0 Å². The predicted molar refractivity (Wildman–Crippen MR) is 101 cm³/mol. The molecule has 4 rings (SSSR count). The molecule has 26 heavy (non-hydrogen) atoms. The molecule has 2 atom stereocenters. The van der Waals surface area contributed by atoms with Gasteiger partial charge in [0, 0.05) is 12.6 Å². The van der Waals surface area contributed by atoms with Crippen LogP contribution in [0.15, 0.2) is 47.4 Å². The molecule has 7 heteroatoms. The first-order chi connectivity index (χ1) is 12.3. The minimum Gasteiger partial charge on any atom is -0.356 e. The van der Waals surface area contributed by atoms with Gasteiger partial charge in [-0.25, -0.2) is 13.1 Å². The van der Waals surface area contributed by atoms with Gasteiger partial charge < -0.3 is 10.2 Å². The summed E-state index contributed by atoms with van der Waals surface area (Å²) in [7, 11) is -3.64. The van der Waals surface area contributed by atoms with Crippen LogP contribution < -0.4 is 14.9 Å². The molecule has 0 bridgehead atoms. The number of anilines is 2. The van der Waals surface area contributed by atoms with E-state index in [4.69, 9.17) is 0 Å². The highest BCUT2D eigenvalue weighted by Gasteiger charge is 2.42. The van der Waals surface area contributed by atoms with Crippen molar-refractivity contribution < 1.29 is 13.2 Å². The minimum atomic E-state index is -3.64. The molecule has 2 aromatic rings. The Balaban J connectivity index is 1.60. The van der Waals surface area contributed by atoms with E-state index in [2.05, 4.69) is 10.0 Å². The maximum Gasteiger partial charge on any atom is 0.247 e. The second-order valence-corrected chi connectivity index (χ2v) is 8.68. The Bertz CT molecular complexity index is 987. The van der Waals surface area contributed by atoms with E-state index >= 15 is 0 Å². The van der Waals surface area contributed by atoms with E-state index in [1.165, 1.54) is 0 Å². The molecule has 0 aliphatic carbocycles. The fraction of sp³-hybridized carbons (Fsp3) is 0.316. The number of carbonyl (C=O) groups is 1. The number of hydrogen-bond acceptors (Lipinski definition) is 4. The van der Waals surface area contributed by atoms with Gasteiger partial charge in [-0.2, -0.15) is 0 Å². The van der Waals surface area contributed by atoms with Crippen LogP contribution in [0.1, 0.15) is 17.5 Å². The monoisotopic (exact) mass is 371 g/mol. The van der Waals surface area contributed by atoms with Crippen molar-refractivity contribution in [2.45, 2.75) is 37.2 Å². The summed E-state index contributed by atoms with van der Waals surface area (Å²) in [6, 6.07) is 12.3. The third-order valence-electron chi connectivity index (χ3n) is 5.03. The molecule has 2 heterocycles. The average molecular weight is 371 g/mol. The second-order valence-electron chi connectivity index (χ2n) is 7.00. The van der Waals surface area contributed by atoms with Crippen molar-refractivity contribution in [2.24, 2.45) is 0 Å². The summed E-state index contributed by atoms with van der Waals surface area (Å²) in [4.78, 5) is 14.7. The van der Waals surface area contributed by atoms with Gasteiger partial charge in [-0.3, -0.25) is 4.79 Å². The second kappa shape index (κ2) is 6.10. The van der Waals surface area contributed by atoms with Gasteiger partial charge in [0.2, 0.25) is 15.9 Å². The minimum absolute atomic E-state index is 0.0860. The normalized spacial score (nSPS) is 21.9. The van der Waals surface area contributed by atoms with E-state index in [0.717, 1.165) is 16.9 Å². The molecule has 0 saturated carbocycles. The lowest BCUT2D eigenvalue weighted by Gasteiger charge is -2.32. The van der Waals surface area contributed by atoms with Gasteiger partial charge in [-0.1, -0.05) is 24.3 Å². The molecule has 1 fully saturated rings. The molecule has 6 nitrogen and oxygen atoms in total. The number of hydrogen-bond donors (Lipinski definition) is 2. The molecule has 0 aromatic heterocycles. The average Bonchev–Trinajstić information content (AvgIpc) is 3.01. The first-order valence-corrected chi connectivity index (χ1v) is 10.1. The van der Waals surface area contributed by atoms with Crippen molar-refractivity contribution in [3.8, 4) is 0 Å². The lowest BCUT2D eigenvalue weighted by Crippen LogP contribution is -2.44. The summed E-state index contributed by atoms with van der Waals surface area (Å²) in [5.41, 5.74) is 3.31. The van der Waals surface area contributed by atoms with Crippen LogP contribution in [0.2, 0.25) is 0 Å². The number of nitrogens with one attached hydrogen (secondary N) is 2. The summed E-state index contributed by atoms with van der Waals surface area (Å²) < 4.78 is 28.5. The van der Waals surface area contributed by atoms with Gasteiger partial charge in [-0.05, 0) is 49.6 Å². The zero-order chi connectivity index (χ0) is 18.5. The van der Waals surface area contributed by atoms with Crippen LogP contribution in [0.3, 0.4) is 0 Å². The summed E-state index contributed by atoms with van der Waals surface area (Å²) in [5.74, 6) is -0.0860.